The third-order valence-corrected chi connectivity index (χ3v) is 5.89. The third kappa shape index (κ3) is 5.21. The largest absolute Gasteiger partial charge is 0.370 e. The minimum atomic E-state index is -3.28. The lowest BCUT2D eigenvalue weighted by Crippen LogP contribution is -2.37. The molecule has 0 radical (unpaired) electrons. The number of nitrogens with two attached hydrogens (primary N) is 1. The molecular formula is C16H26N4O2S. The van der Waals surface area contributed by atoms with Crippen molar-refractivity contribution in [2.45, 2.75) is 30.7 Å². The van der Waals surface area contributed by atoms with Gasteiger partial charge in [-0.2, -0.15) is 0 Å². The van der Waals surface area contributed by atoms with Crippen molar-refractivity contribution >= 4 is 15.8 Å². The number of nitrogens with one attached hydrogen (secondary N) is 1. The van der Waals surface area contributed by atoms with E-state index >= 15 is 0 Å². The van der Waals surface area contributed by atoms with Crippen molar-refractivity contribution in [2.24, 2.45) is 10.7 Å². The highest BCUT2D eigenvalue weighted by Crippen LogP contribution is 2.16. The lowest BCUT2D eigenvalue weighted by molar-refractivity contribution is 0.273. The monoisotopic (exact) mass is 338 g/mol. The van der Waals surface area contributed by atoms with Crippen LogP contribution in [0.3, 0.4) is 0 Å². The molecule has 7 heteroatoms. The van der Waals surface area contributed by atoms with Gasteiger partial charge in [-0.25, -0.2) is 8.42 Å². The summed E-state index contributed by atoms with van der Waals surface area (Å²) in [5.74, 6) is 0.314. The molecule has 1 atom stereocenters. The van der Waals surface area contributed by atoms with Gasteiger partial charge in [-0.15, -0.1) is 0 Å². The number of nitrogens with zero attached hydrogens (tertiary/aromatic N) is 2. The van der Waals surface area contributed by atoms with Crippen molar-refractivity contribution in [3.8, 4) is 0 Å². The number of likely N-dealkylation sites (N-methyl/N-ethyl adjacent to an activating group) is 1. The van der Waals surface area contributed by atoms with Crippen LogP contribution in [0.4, 0.5) is 0 Å². The van der Waals surface area contributed by atoms with Crippen LogP contribution in [-0.2, 0) is 9.84 Å². The van der Waals surface area contributed by atoms with Crippen LogP contribution in [-0.4, -0.2) is 57.3 Å². The van der Waals surface area contributed by atoms with Gasteiger partial charge in [0.05, 0.1) is 17.2 Å². The van der Waals surface area contributed by atoms with Gasteiger partial charge in [0.2, 0.25) is 0 Å². The first-order valence-corrected chi connectivity index (χ1v) is 9.74. The maximum atomic E-state index is 12.1. The highest BCUT2D eigenvalue weighted by molar-refractivity contribution is 7.91. The number of rotatable bonds is 7. The predicted octanol–water partition coefficient (Wildman–Crippen LogP) is 0.849. The number of aliphatic imine (C=N–C) groups is 1. The highest BCUT2D eigenvalue weighted by Gasteiger charge is 2.22. The Morgan fingerprint density at radius 1 is 1.39 bits per heavy atom. The highest BCUT2D eigenvalue weighted by atomic mass is 32.2. The van der Waals surface area contributed by atoms with Gasteiger partial charge in [0.1, 0.15) is 0 Å². The number of benzene rings is 1. The first-order chi connectivity index (χ1) is 11.0. The molecule has 1 saturated heterocycles. The quantitative estimate of drug-likeness (QED) is 0.568. The van der Waals surface area contributed by atoms with E-state index in [2.05, 4.69) is 22.1 Å². The summed E-state index contributed by atoms with van der Waals surface area (Å²) in [5.41, 5.74) is 5.83. The second-order valence-corrected chi connectivity index (χ2v) is 7.82. The smallest absolute Gasteiger partial charge is 0.188 e. The van der Waals surface area contributed by atoms with Crippen molar-refractivity contribution < 1.29 is 8.42 Å². The van der Waals surface area contributed by atoms with Crippen LogP contribution in [0.25, 0.3) is 0 Å². The van der Waals surface area contributed by atoms with Gasteiger partial charge >= 0.3 is 0 Å². The average Bonchev–Trinajstić information content (AvgIpc) is 3.01. The molecule has 0 spiro atoms. The molecule has 0 bridgehead atoms. The molecular weight excluding hydrogens is 312 g/mol. The molecule has 0 aliphatic carbocycles. The van der Waals surface area contributed by atoms with Crippen LogP contribution in [0.15, 0.2) is 40.2 Å². The number of hydrogen-bond acceptors (Lipinski definition) is 4. The lowest BCUT2D eigenvalue weighted by Gasteiger charge is -2.20. The van der Waals surface area contributed by atoms with Crippen LogP contribution in [0, 0.1) is 0 Å². The van der Waals surface area contributed by atoms with Crippen LogP contribution in [0.1, 0.15) is 19.8 Å². The van der Waals surface area contributed by atoms with Crippen molar-refractivity contribution in [1.29, 1.82) is 0 Å². The Morgan fingerprint density at radius 3 is 2.83 bits per heavy atom. The Morgan fingerprint density at radius 2 is 2.13 bits per heavy atom. The number of hydrogen-bond donors (Lipinski definition) is 2. The van der Waals surface area contributed by atoms with Crippen LogP contribution in [0.5, 0.6) is 0 Å². The summed E-state index contributed by atoms with van der Waals surface area (Å²) in [6, 6.07) is 8.89. The molecule has 128 valence electrons. The van der Waals surface area contributed by atoms with Crippen molar-refractivity contribution in [2.75, 3.05) is 31.9 Å². The fourth-order valence-electron chi connectivity index (χ4n) is 2.84. The Balaban J connectivity index is 1.78. The van der Waals surface area contributed by atoms with Gasteiger partial charge in [0.15, 0.2) is 15.8 Å². The second-order valence-electron chi connectivity index (χ2n) is 5.71. The molecule has 23 heavy (non-hydrogen) atoms. The Labute approximate surface area is 138 Å². The maximum absolute atomic E-state index is 12.1. The van der Waals surface area contributed by atoms with Gasteiger partial charge in [0, 0.05) is 12.6 Å². The normalized spacial score (nSPS) is 19.9. The van der Waals surface area contributed by atoms with E-state index in [9.17, 15) is 8.42 Å². The molecule has 1 unspecified atom stereocenters. The molecule has 1 heterocycles. The van der Waals surface area contributed by atoms with Crippen LogP contribution < -0.4 is 11.1 Å². The van der Waals surface area contributed by atoms with E-state index in [1.165, 1.54) is 6.42 Å². The molecule has 3 N–H and O–H groups in total. The summed E-state index contributed by atoms with van der Waals surface area (Å²) in [5, 5.41) is 2.90. The van der Waals surface area contributed by atoms with Gasteiger partial charge in [-0.1, -0.05) is 25.1 Å². The first kappa shape index (κ1) is 17.7. The molecule has 1 fully saturated rings. The summed E-state index contributed by atoms with van der Waals surface area (Å²) in [6.45, 7) is 5.23. The number of guanidine groups is 1. The lowest BCUT2D eigenvalue weighted by atomic mass is 10.2. The summed E-state index contributed by atoms with van der Waals surface area (Å²) >= 11 is 0. The molecule has 1 aromatic rings. The van der Waals surface area contributed by atoms with Crippen molar-refractivity contribution in [1.82, 2.24) is 10.2 Å². The summed E-state index contributed by atoms with van der Waals surface area (Å²) in [4.78, 5) is 7.08. The van der Waals surface area contributed by atoms with Crippen LogP contribution >= 0.6 is 0 Å². The van der Waals surface area contributed by atoms with E-state index in [1.807, 2.05) is 0 Å². The van der Waals surface area contributed by atoms with E-state index in [4.69, 9.17) is 5.73 Å². The summed E-state index contributed by atoms with van der Waals surface area (Å²) < 4.78 is 24.3. The molecule has 1 aromatic carbocycles. The average molecular weight is 338 g/mol. The van der Waals surface area contributed by atoms with Gasteiger partial charge < -0.3 is 11.1 Å². The Kier molecular flexibility index (Phi) is 6.41. The molecule has 0 aromatic heterocycles. The minimum Gasteiger partial charge on any atom is -0.370 e. The predicted molar refractivity (Wildman–Crippen MR) is 93.3 cm³/mol. The summed E-state index contributed by atoms with van der Waals surface area (Å²) in [6.07, 6.45) is 2.35. The zero-order valence-electron chi connectivity index (χ0n) is 13.6. The van der Waals surface area contributed by atoms with Crippen molar-refractivity contribution in [3.63, 3.8) is 0 Å². The van der Waals surface area contributed by atoms with Gasteiger partial charge in [-0.05, 0) is 38.1 Å². The minimum absolute atomic E-state index is 0.00224. The number of sulfone groups is 1. The van der Waals surface area contributed by atoms with Crippen molar-refractivity contribution in [3.05, 3.63) is 30.3 Å². The maximum Gasteiger partial charge on any atom is 0.188 e. The van der Waals surface area contributed by atoms with E-state index in [0.29, 0.717) is 23.4 Å². The van der Waals surface area contributed by atoms with Crippen LogP contribution in [0.2, 0.25) is 0 Å². The fourth-order valence-corrected chi connectivity index (χ4v) is 4.02. The summed E-state index contributed by atoms with van der Waals surface area (Å²) in [7, 11) is -3.28. The third-order valence-electron chi connectivity index (χ3n) is 4.16. The van der Waals surface area contributed by atoms with E-state index in [1.54, 1.807) is 30.3 Å². The van der Waals surface area contributed by atoms with Gasteiger partial charge in [-0.3, -0.25) is 9.89 Å². The SMILES string of the molecule is CCN1CCCC1CN=C(N)NCCS(=O)(=O)c1ccccc1. The Bertz CT molecular complexity index is 616. The molecule has 0 saturated carbocycles. The standard InChI is InChI=1S/C16H26N4O2S/c1-2-20-11-6-7-14(20)13-19-16(17)18-10-12-23(21,22)15-8-4-3-5-9-15/h3-5,8-9,14H,2,6-7,10-13H2,1H3,(H3,17,18,19). The fraction of sp³-hybridized carbons (Fsp3) is 0.562. The Hall–Kier alpha value is -1.60. The molecule has 1 aliphatic rings. The molecule has 1 aliphatic heterocycles. The zero-order chi connectivity index (χ0) is 16.7. The van der Waals surface area contributed by atoms with E-state index in [0.717, 1.165) is 19.5 Å². The van der Waals surface area contributed by atoms with E-state index < -0.39 is 9.84 Å². The first-order valence-electron chi connectivity index (χ1n) is 8.08. The molecule has 0 amide bonds. The topological polar surface area (TPSA) is 87.8 Å². The molecule has 6 nitrogen and oxygen atoms in total. The second kappa shape index (κ2) is 8.31. The van der Waals surface area contributed by atoms with E-state index in [-0.39, 0.29) is 12.3 Å². The van der Waals surface area contributed by atoms with Gasteiger partial charge in [0.25, 0.3) is 0 Å². The zero-order valence-corrected chi connectivity index (χ0v) is 14.4. The number of likely N-dealkylation sites (tertiary alicyclic amines) is 1. The molecule has 2 rings (SSSR count).